The van der Waals surface area contributed by atoms with Crippen LogP contribution >= 0.6 is 0 Å². The van der Waals surface area contributed by atoms with Gasteiger partial charge in [-0.25, -0.2) is 8.93 Å². The highest BCUT2D eigenvalue weighted by Crippen LogP contribution is 2.33. The molecule has 9 heteroatoms. The molecule has 2 aromatic carbocycles. The summed E-state index contributed by atoms with van der Waals surface area (Å²) >= 11 is 0. The minimum Gasteiger partial charge on any atom is -0.490 e. The average molecular weight is 536 g/mol. The Morgan fingerprint density at radius 3 is 2.71 bits per heavy atom. The molecular weight excluding hydrogens is 498 g/mol. The number of aromatic nitrogens is 2. The van der Waals surface area contributed by atoms with Gasteiger partial charge in [0.2, 0.25) is 5.82 Å². The molecule has 1 N–H and O–H groups in total. The molecular formula is C29H37N5O3S. The second-order valence-electron chi connectivity index (χ2n) is 9.87. The molecule has 1 unspecified atom stereocenters. The minimum atomic E-state index is -0.820. The van der Waals surface area contributed by atoms with Gasteiger partial charge in [0.1, 0.15) is 11.8 Å². The lowest BCUT2D eigenvalue weighted by Gasteiger charge is -2.25. The second-order valence-corrected chi connectivity index (χ2v) is 11.4. The summed E-state index contributed by atoms with van der Waals surface area (Å²) in [7, 11) is 0.922. The van der Waals surface area contributed by atoms with E-state index in [2.05, 4.69) is 31.9 Å². The molecule has 1 fully saturated rings. The quantitative estimate of drug-likeness (QED) is 0.437. The zero-order valence-electron chi connectivity index (χ0n) is 22.5. The topological polar surface area (TPSA) is 104 Å². The van der Waals surface area contributed by atoms with Gasteiger partial charge in [0.05, 0.1) is 28.4 Å². The van der Waals surface area contributed by atoms with Crippen LogP contribution in [-0.4, -0.2) is 57.8 Å². The first-order valence-electron chi connectivity index (χ1n) is 13.4. The number of aryl methyl sites for hydroxylation is 1. The van der Waals surface area contributed by atoms with E-state index in [1.807, 2.05) is 32.0 Å². The molecule has 1 atom stereocenters. The zero-order chi connectivity index (χ0) is 26.9. The smallest absolute Gasteiger partial charge is 0.258 e. The van der Waals surface area contributed by atoms with Gasteiger partial charge in [-0.2, -0.15) is 10.2 Å². The number of fused-ring (bicyclic) bond motifs is 1. The largest absolute Gasteiger partial charge is 0.490 e. The van der Waals surface area contributed by atoms with Crippen molar-refractivity contribution in [2.45, 2.75) is 58.5 Å². The summed E-state index contributed by atoms with van der Waals surface area (Å²) in [5.41, 5.74) is 4.89. The van der Waals surface area contributed by atoms with Gasteiger partial charge in [0.15, 0.2) is 0 Å². The first kappa shape index (κ1) is 28.0. The Labute approximate surface area is 228 Å². The lowest BCUT2D eigenvalue weighted by Crippen LogP contribution is -2.34. The van der Waals surface area contributed by atoms with Crippen molar-refractivity contribution in [3.63, 3.8) is 0 Å². The molecule has 1 aliphatic heterocycles. The summed E-state index contributed by atoms with van der Waals surface area (Å²) in [6.45, 7) is 7.23. The SMILES string of the molecule is CC(C)Oc1ccc(-c2nc(-c3cccc4c3CCC4)no2)cc1C#N.CNS(=O)CCN1CCCCC1. The maximum Gasteiger partial charge on any atom is 0.258 e. The Balaban J connectivity index is 0.000000236. The van der Waals surface area contributed by atoms with Crippen LogP contribution in [0.1, 0.15) is 56.2 Å². The fourth-order valence-electron chi connectivity index (χ4n) is 4.88. The Bertz CT molecular complexity index is 1280. The van der Waals surface area contributed by atoms with E-state index in [1.54, 1.807) is 19.2 Å². The summed E-state index contributed by atoms with van der Waals surface area (Å²) < 4.78 is 24.9. The fraction of sp³-hybridized carbons (Fsp3) is 0.483. The molecule has 2 aliphatic rings. The number of piperidine rings is 1. The van der Waals surface area contributed by atoms with Crippen LogP contribution in [0.3, 0.4) is 0 Å². The van der Waals surface area contributed by atoms with Crippen LogP contribution in [-0.2, 0) is 23.8 Å². The highest BCUT2D eigenvalue weighted by molar-refractivity contribution is 7.83. The normalized spacial score (nSPS) is 15.9. The number of ether oxygens (including phenoxy) is 1. The van der Waals surface area contributed by atoms with Crippen molar-refractivity contribution in [3.8, 4) is 34.7 Å². The average Bonchev–Trinajstić information content (AvgIpc) is 3.63. The molecule has 5 rings (SSSR count). The second kappa shape index (κ2) is 13.7. The van der Waals surface area contributed by atoms with Crippen molar-refractivity contribution in [2.24, 2.45) is 0 Å². The van der Waals surface area contributed by atoms with Gasteiger partial charge in [-0.05, 0) is 95.4 Å². The van der Waals surface area contributed by atoms with Gasteiger partial charge in [0, 0.05) is 17.7 Å². The summed E-state index contributed by atoms with van der Waals surface area (Å²) in [6.07, 6.45) is 7.32. The van der Waals surface area contributed by atoms with E-state index in [0.29, 0.717) is 28.6 Å². The van der Waals surface area contributed by atoms with Crippen molar-refractivity contribution >= 4 is 11.0 Å². The van der Waals surface area contributed by atoms with Crippen molar-refractivity contribution in [3.05, 3.63) is 53.1 Å². The lowest BCUT2D eigenvalue weighted by molar-refractivity contribution is 0.241. The minimum absolute atomic E-state index is 0.00290. The van der Waals surface area contributed by atoms with Crippen molar-refractivity contribution in [1.29, 1.82) is 5.26 Å². The summed E-state index contributed by atoms with van der Waals surface area (Å²) in [4.78, 5) is 6.97. The van der Waals surface area contributed by atoms with Crippen LogP contribution in [0, 0.1) is 11.3 Å². The first-order valence-corrected chi connectivity index (χ1v) is 14.7. The molecule has 0 saturated carbocycles. The highest BCUT2D eigenvalue weighted by Gasteiger charge is 2.20. The number of nitrogens with zero attached hydrogens (tertiary/aromatic N) is 4. The summed E-state index contributed by atoms with van der Waals surface area (Å²) in [5, 5.41) is 13.6. The molecule has 3 aromatic rings. The standard InChI is InChI=1S/C21H19N3O2.C8H18N2OS/c1-13(2)25-19-10-9-15(11-16(19)12-22)21-23-20(24-26-21)18-8-4-6-14-5-3-7-17(14)18;1-9-12(11)8-7-10-5-3-2-4-6-10/h4,6,8-11,13H,3,5,7H2,1-2H3;9H,2-8H2,1H3. The monoisotopic (exact) mass is 535 g/mol. The number of hydrogen-bond donors (Lipinski definition) is 1. The zero-order valence-corrected chi connectivity index (χ0v) is 23.4. The number of benzene rings is 2. The van der Waals surface area contributed by atoms with Crippen LogP contribution in [0.4, 0.5) is 0 Å². The van der Waals surface area contributed by atoms with Gasteiger partial charge in [-0.15, -0.1) is 0 Å². The van der Waals surface area contributed by atoms with Crippen LogP contribution in [0.2, 0.25) is 0 Å². The van der Waals surface area contributed by atoms with Crippen LogP contribution < -0.4 is 9.46 Å². The van der Waals surface area contributed by atoms with Crippen LogP contribution in [0.5, 0.6) is 5.75 Å². The van der Waals surface area contributed by atoms with Gasteiger partial charge in [-0.3, -0.25) is 0 Å². The van der Waals surface area contributed by atoms with Crippen LogP contribution in [0.25, 0.3) is 22.8 Å². The molecule has 0 radical (unpaired) electrons. The summed E-state index contributed by atoms with van der Waals surface area (Å²) in [5.74, 6) is 2.33. The Kier molecular flexibility index (Phi) is 10.0. The van der Waals surface area contributed by atoms with E-state index in [1.165, 1.54) is 49.9 Å². The highest BCUT2D eigenvalue weighted by atomic mass is 32.2. The molecule has 202 valence electrons. The number of nitriles is 1. The molecule has 2 heterocycles. The molecule has 0 bridgehead atoms. The molecule has 0 spiro atoms. The third kappa shape index (κ3) is 7.28. The van der Waals surface area contributed by atoms with E-state index in [-0.39, 0.29) is 6.10 Å². The Hall–Kier alpha value is -3.06. The van der Waals surface area contributed by atoms with Gasteiger partial charge in [0.25, 0.3) is 5.89 Å². The summed E-state index contributed by atoms with van der Waals surface area (Å²) in [6, 6.07) is 13.8. The van der Waals surface area contributed by atoms with Gasteiger partial charge < -0.3 is 14.2 Å². The van der Waals surface area contributed by atoms with E-state index >= 15 is 0 Å². The van der Waals surface area contributed by atoms with E-state index in [0.717, 1.165) is 30.7 Å². The predicted molar refractivity (Wildman–Crippen MR) is 150 cm³/mol. The van der Waals surface area contributed by atoms with Crippen molar-refractivity contribution < 1.29 is 13.5 Å². The van der Waals surface area contributed by atoms with Crippen molar-refractivity contribution in [1.82, 2.24) is 19.8 Å². The Morgan fingerprint density at radius 1 is 1.16 bits per heavy atom. The number of nitrogens with one attached hydrogen (secondary N) is 1. The third-order valence-electron chi connectivity index (χ3n) is 6.79. The number of likely N-dealkylation sites (tertiary alicyclic amines) is 1. The maximum atomic E-state index is 11.0. The van der Waals surface area contributed by atoms with E-state index in [9.17, 15) is 9.47 Å². The molecule has 0 amide bonds. The number of hydrogen-bond acceptors (Lipinski definition) is 7. The van der Waals surface area contributed by atoms with Gasteiger partial charge >= 0.3 is 0 Å². The van der Waals surface area contributed by atoms with Gasteiger partial charge in [-0.1, -0.05) is 29.8 Å². The Morgan fingerprint density at radius 2 is 1.97 bits per heavy atom. The van der Waals surface area contributed by atoms with E-state index in [4.69, 9.17) is 9.26 Å². The molecule has 1 aromatic heterocycles. The fourth-order valence-corrected chi connectivity index (χ4v) is 5.51. The van der Waals surface area contributed by atoms with Crippen molar-refractivity contribution in [2.75, 3.05) is 32.4 Å². The third-order valence-corrected chi connectivity index (χ3v) is 7.80. The number of rotatable bonds is 8. The maximum absolute atomic E-state index is 11.0. The van der Waals surface area contributed by atoms with E-state index < -0.39 is 11.0 Å². The molecule has 8 nitrogen and oxygen atoms in total. The first-order chi connectivity index (χ1) is 18.5. The molecule has 1 aliphatic carbocycles. The predicted octanol–water partition coefficient (Wildman–Crippen LogP) is 4.91. The molecule has 1 saturated heterocycles. The molecule has 38 heavy (non-hydrogen) atoms. The lowest BCUT2D eigenvalue weighted by atomic mass is 10.0. The van der Waals surface area contributed by atoms with Crippen LogP contribution in [0.15, 0.2) is 40.9 Å².